The van der Waals surface area contributed by atoms with Gasteiger partial charge in [-0.25, -0.2) is 4.79 Å². The lowest BCUT2D eigenvalue weighted by molar-refractivity contribution is 0.0141. The van der Waals surface area contributed by atoms with Crippen molar-refractivity contribution in [2.45, 2.75) is 45.3 Å². The standard InChI is InChI=1S/C24H28BrNO6/c1-24(2,3)32-23(27)26-7-6-14-9-19(28-4)20(29-5)11-16(14)18(26)8-15-10-21-22(12-17(15)25)31-13-30-21/h9-12,18H,6-8,13H2,1-5H3. The Labute approximate surface area is 196 Å². The minimum atomic E-state index is -0.584. The van der Waals surface area contributed by atoms with Crippen molar-refractivity contribution in [3.63, 3.8) is 0 Å². The molecular weight excluding hydrogens is 478 g/mol. The molecule has 8 heteroatoms. The molecule has 0 saturated heterocycles. The SMILES string of the molecule is COc1cc2c(cc1OC)C(Cc1cc3c(cc1Br)OCO3)N(C(=O)OC(C)(C)C)CC2. The Morgan fingerprint density at radius 3 is 2.41 bits per heavy atom. The third kappa shape index (κ3) is 4.46. The normalized spacial score (nSPS) is 17.1. The highest BCUT2D eigenvalue weighted by Gasteiger charge is 2.35. The number of hydrogen-bond acceptors (Lipinski definition) is 6. The van der Waals surface area contributed by atoms with Gasteiger partial charge in [0.1, 0.15) is 5.60 Å². The van der Waals surface area contributed by atoms with Crippen LogP contribution < -0.4 is 18.9 Å². The number of methoxy groups -OCH3 is 2. The predicted molar refractivity (Wildman–Crippen MR) is 123 cm³/mol. The molecule has 0 N–H and O–H groups in total. The van der Waals surface area contributed by atoms with E-state index >= 15 is 0 Å². The van der Waals surface area contributed by atoms with Crippen molar-refractivity contribution < 1.29 is 28.5 Å². The lowest BCUT2D eigenvalue weighted by atomic mass is 9.88. The summed E-state index contributed by atoms with van der Waals surface area (Å²) in [5.41, 5.74) is 2.57. The fourth-order valence-electron chi connectivity index (χ4n) is 4.11. The summed E-state index contributed by atoms with van der Waals surface area (Å²) >= 11 is 3.66. The van der Waals surface area contributed by atoms with E-state index in [-0.39, 0.29) is 18.9 Å². The third-order valence-corrected chi connectivity index (χ3v) is 6.32. The van der Waals surface area contributed by atoms with Crippen molar-refractivity contribution in [3.05, 3.63) is 45.4 Å². The van der Waals surface area contributed by atoms with E-state index in [1.165, 1.54) is 0 Å². The van der Waals surface area contributed by atoms with Gasteiger partial charge in [0.2, 0.25) is 6.79 Å². The van der Waals surface area contributed by atoms with Crippen molar-refractivity contribution in [1.29, 1.82) is 0 Å². The first-order chi connectivity index (χ1) is 15.2. The van der Waals surface area contributed by atoms with Gasteiger partial charge in [-0.15, -0.1) is 0 Å². The van der Waals surface area contributed by atoms with E-state index in [1.807, 2.05) is 45.0 Å². The molecule has 0 aromatic heterocycles. The monoisotopic (exact) mass is 505 g/mol. The van der Waals surface area contributed by atoms with Crippen LogP contribution in [-0.2, 0) is 17.6 Å². The highest BCUT2D eigenvalue weighted by Crippen LogP contribution is 2.43. The Kier molecular flexibility index (Phi) is 6.16. The van der Waals surface area contributed by atoms with E-state index in [2.05, 4.69) is 15.9 Å². The van der Waals surface area contributed by atoms with Gasteiger partial charge >= 0.3 is 6.09 Å². The van der Waals surface area contributed by atoms with E-state index in [9.17, 15) is 4.79 Å². The molecule has 0 fully saturated rings. The van der Waals surface area contributed by atoms with E-state index in [0.29, 0.717) is 42.4 Å². The molecule has 2 aliphatic rings. The maximum absolute atomic E-state index is 13.2. The summed E-state index contributed by atoms with van der Waals surface area (Å²) in [4.78, 5) is 15.0. The zero-order chi connectivity index (χ0) is 23.0. The number of hydrogen-bond donors (Lipinski definition) is 0. The number of fused-ring (bicyclic) bond motifs is 2. The molecule has 32 heavy (non-hydrogen) atoms. The molecule has 0 radical (unpaired) electrons. The second-order valence-electron chi connectivity index (χ2n) is 8.85. The third-order valence-electron chi connectivity index (χ3n) is 5.59. The maximum Gasteiger partial charge on any atom is 0.410 e. The number of carbonyl (C=O) groups excluding carboxylic acids is 1. The zero-order valence-corrected chi connectivity index (χ0v) is 20.6. The number of amides is 1. The first-order valence-electron chi connectivity index (χ1n) is 10.5. The molecule has 2 aromatic carbocycles. The summed E-state index contributed by atoms with van der Waals surface area (Å²) in [7, 11) is 3.24. The molecule has 0 aliphatic carbocycles. The van der Waals surface area contributed by atoms with Crippen LogP contribution in [0.5, 0.6) is 23.0 Å². The molecule has 4 rings (SSSR count). The van der Waals surface area contributed by atoms with Gasteiger partial charge in [-0.1, -0.05) is 15.9 Å². The highest BCUT2D eigenvalue weighted by atomic mass is 79.9. The van der Waals surface area contributed by atoms with Crippen LogP contribution in [-0.4, -0.2) is 44.2 Å². The average Bonchev–Trinajstić information content (AvgIpc) is 3.18. The Morgan fingerprint density at radius 2 is 1.75 bits per heavy atom. The van der Waals surface area contributed by atoms with Gasteiger partial charge in [0, 0.05) is 11.0 Å². The molecule has 1 unspecified atom stereocenters. The Bertz CT molecular complexity index is 1030. The van der Waals surface area contributed by atoms with Crippen LogP contribution in [0, 0.1) is 0 Å². The predicted octanol–water partition coefficient (Wildman–Crippen LogP) is 5.27. The van der Waals surface area contributed by atoms with Crippen LogP contribution in [0.2, 0.25) is 0 Å². The van der Waals surface area contributed by atoms with E-state index in [4.69, 9.17) is 23.7 Å². The topological polar surface area (TPSA) is 66.5 Å². The molecule has 2 heterocycles. The molecular formula is C24H28BrNO6. The fourth-order valence-corrected chi connectivity index (χ4v) is 4.60. The molecule has 172 valence electrons. The molecule has 7 nitrogen and oxygen atoms in total. The summed E-state index contributed by atoms with van der Waals surface area (Å²) in [5, 5.41) is 0. The van der Waals surface area contributed by atoms with Crippen molar-refractivity contribution >= 4 is 22.0 Å². The van der Waals surface area contributed by atoms with Gasteiger partial charge in [-0.05, 0) is 74.6 Å². The van der Waals surface area contributed by atoms with E-state index in [0.717, 1.165) is 21.2 Å². The lowest BCUT2D eigenvalue weighted by Gasteiger charge is -2.38. The second kappa shape index (κ2) is 8.73. The summed E-state index contributed by atoms with van der Waals surface area (Å²) < 4.78 is 28.8. The van der Waals surface area contributed by atoms with Gasteiger partial charge < -0.3 is 28.6 Å². The molecule has 2 aromatic rings. The van der Waals surface area contributed by atoms with Gasteiger partial charge in [0.15, 0.2) is 23.0 Å². The Hall–Kier alpha value is -2.61. The van der Waals surface area contributed by atoms with Crippen LogP contribution in [0.1, 0.15) is 43.5 Å². The van der Waals surface area contributed by atoms with Crippen LogP contribution in [0.3, 0.4) is 0 Å². The molecule has 1 amide bonds. The minimum absolute atomic E-state index is 0.207. The smallest absolute Gasteiger partial charge is 0.410 e. The first-order valence-corrected chi connectivity index (χ1v) is 11.3. The quantitative estimate of drug-likeness (QED) is 0.563. The van der Waals surface area contributed by atoms with Crippen LogP contribution in [0.15, 0.2) is 28.7 Å². The van der Waals surface area contributed by atoms with Crippen molar-refractivity contribution in [2.24, 2.45) is 0 Å². The van der Waals surface area contributed by atoms with Gasteiger partial charge in [0.05, 0.1) is 20.3 Å². The molecule has 0 saturated carbocycles. The molecule has 1 atom stereocenters. The summed E-state index contributed by atoms with van der Waals surface area (Å²) in [6.45, 7) is 6.38. The van der Waals surface area contributed by atoms with Gasteiger partial charge in [0.25, 0.3) is 0 Å². The Balaban J connectivity index is 1.76. The van der Waals surface area contributed by atoms with Crippen molar-refractivity contribution in [1.82, 2.24) is 4.90 Å². The van der Waals surface area contributed by atoms with Crippen LogP contribution in [0.4, 0.5) is 4.79 Å². The second-order valence-corrected chi connectivity index (χ2v) is 9.70. The van der Waals surface area contributed by atoms with E-state index < -0.39 is 5.60 Å². The number of rotatable bonds is 4. The van der Waals surface area contributed by atoms with Gasteiger partial charge in [-0.2, -0.15) is 0 Å². The number of nitrogens with zero attached hydrogens (tertiary/aromatic N) is 1. The highest BCUT2D eigenvalue weighted by molar-refractivity contribution is 9.10. The maximum atomic E-state index is 13.2. The number of ether oxygens (including phenoxy) is 5. The molecule has 2 aliphatic heterocycles. The van der Waals surface area contributed by atoms with Crippen molar-refractivity contribution in [3.8, 4) is 23.0 Å². The molecule has 0 spiro atoms. The number of halogens is 1. The average molecular weight is 506 g/mol. The fraction of sp³-hybridized carbons (Fsp3) is 0.458. The number of benzene rings is 2. The summed E-state index contributed by atoms with van der Waals surface area (Å²) in [5.74, 6) is 2.72. The Morgan fingerprint density at radius 1 is 1.09 bits per heavy atom. The van der Waals surface area contributed by atoms with Crippen LogP contribution >= 0.6 is 15.9 Å². The number of carbonyl (C=O) groups is 1. The lowest BCUT2D eigenvalue weighted by Crippen LogP contribution is -2.43. The van der Waals surface area contributed by atoms with Crippen LogP contribution in [0.25, 0.3) is 0 Å². The summed E-state index contributed by atoms with van der Waals surface area (Å²) in [6, 6.07) is 7.60. The van der Waals surface area contributed by atoms with Gasteiger partial charge in [-0.3, -0.25) is 0 Å². The summed E-state index contributed by atoms with van der Waals surface area (Å²) in [6.07, 6.45) is 0.937. The largest absolute Gasteiger partial charge is 0.493 e. The van der Waals surface area contributed by atoms with E-state index in [1.54, 1.807) is 19.1 Å². The molecule has 0 bridgehead atoms. The first kappa shape index (κ1) is 22.6. The van der Waals surface area contributed by atoms with Crippen molar-refractivity contribution in [2.75, 3.05) is 27.6 Å². The minimum Gasteiger partial charge on any atom is -0.493 e. The zero-order valence-electron chi connectivity index (χ0n) is 19.0.